The highest BCUT2D eigenvalue weighted by Gasteiger charge is 2.31. The number of piperidine rings is 1. The molecule has 130 valence electrons. The van der Waals surface area contributed by atoms with Crippen LogP contribution in [0.25, 0.3) is 0 Å². The molecule has 3 rings (SSSR count). The van der Waals surface area contributed by atoms with Gasteiger partial charge in [0.15, 0.2) is 11.5 Å². The van der Waals surface area contributed by atoms with E-state index in [0.29, 0.717) is 30.4 Å². The molecule has 0 aliphatic carbocycles. The van der Waals surface area contributed by atoms with Crippen molar-refractivity contribution in [1.29, 1.82) is 0 Å². The molecule has 1 aliphatic heterocycles. The maximum Gasteiger partial charge on any atom is 0.276 e. The molecule has 0 aromatic carbocycles. The van der Waals surface area contributed by atoms with Gasteiger partial charge in [-0.3, -0.25) is 4.79 Å². The largest absolute Gasteiger partial charge is 0.385 e. The molecule has 1 atom stereocenters. The smallest absolute Gasteiger partial charge is 0.276 e. The summed E-state index contributed by atoms with van der Waals surface area (Å²) in [5, 5.41) is 14.3. The van der Waals surface area contributed by atoms with Gasteiger partial charge in [0, 0.05) is 45.7 Å². The van der Waals surface area contributed by atoms with Crippen LogP contribution in [0.2, 0.25) is 0 Å². The zero-order chi connectivity index (χ0) is 17.1. The van der Waals surface area contributed by atoms with Crippen LogP contribution in [0.3, 0.4) is 0 Å². The molecule has 1 amide bonds. The minimum Gasteiger partial charge on any atom is -0.385 e. The zero-order valence-corrected chi connectivity index (χ0v) is 13.9. The lowest BCUT2D eigenvalue weighted by Crippen LogP contribution is -2.40. The monoisotopic (exact) mass is 334 g/mol. The number of carbonyl (C=O) groups is 1. The Morgan fingerprint density at radius 2 is 2.25 bits per heavy atom. The maximum absolute atomic E-state index is 12.5. The summed E-state index contributed by atoms with van der Waals surface area (Å²) in [6.45, 7) is 1.45. The molecule has 0 bridgehead atoms. The fraction of sp³-hybridized carbons (Fsp3) is 0.562. The SMILES string of the molecule is COCc1cc(C(=O)N2CCC(C(O)c3nccn3C)CC2)no1. The molecule has 2 aromatic heterocycles. The van der Waals surface area contributed by atoms with E-state index in [2.05, 4.69) is 10.1 Å². The van der Waals surface area contributed by atoms with Crippen LogP contribution in [0.5, 0.6) is 0 Å². The Bertz CT molecular complexity index is 688. The summed E-state index contributed by atoms with van der Waals surface area (Å²) in [7, 11) is 3.42. The van der Waals surface area contributed by atoms with Crippen LogP contribution in [0.4, 0.5) is 0 Å². The molecule has 1 fully saturated rings. The predicted molar refractivity (Wildman–Crippen MR) is 84.0 cm³/mol. The molecule has 8 heteroatoms. The quantitative estimate of drug-likeness (QED) is 0.881. The summed E-state index contributed by atoms with van der Waals surface area (Å²) in [4.78, 5) is 18.4. The highest BCUT2D eigenvalue weighted by atomic mass is 16.5. The molecule has 0 saturated carbocycles. The lowest BCUT2D eigenvalue weighted by Gasteiger charge is -2.33. The minimum atomic E-state index is -0.609. The van der Waals surface area contributed by atoms with Gasteiger partial charge in [0.25, 0.3) is 5.91 Å². The predicted octanol–water partition coefficient (Wildman–Crippen LogP) is 1.14. The van der Waals surface area contributed by atoms with Crippen molar-refractivity contribution in [3.8, 4) is 0 Å². The van der Waals surface area contributed by atoms with Gasteiger partial charge >= 0.3 is 0 Å². The normalized spacial score (nSPS) is 17.2. The summed E-state index contributed by atoms with van der Waals surface area (Å²) in [6.07, 6.45) is 4.34. The van der Waals surface area contributed by atoms with Gasteiger partial charge in [0.05, 0.1) is 0 Å². The molecule has 1 N–H and O–H groups in total. The summed E-state index contributed by atoms with van der Waals surface area (Å²) in [6, 6.07) is 1.61. The number of nitrogens with zero attached hydrogens (tertiary/aromatic N) is 4. The number of ether oxygens (including phenoxy) is 1. The van der Waals surface area contributed by atoms with Gasteiger partial charge < -0.3 is 23.8 Å². The number of aryl methyl sites for hydroxylation is 1. The first-order valence-electron chi connectivity index (χ1n) is 7.99. The Morgan fingerprint density at radius 1 is 1.50 bits per heavy atom. The van der Waals surface area contributed by atoms with E-state index in [4.69, 9.17) is 9.26 Å². The Balaban J connectivity index is 1.58. The highest BCUT2D eigenvalue weighted by Crippen LogP contribution is 2.30. The van der Waals surface area contributed by atoms with Crippen molar-refractivity contribution >= 4 is 5.91 Å². The van der Waals surface area contributed by atoms with Crippen LogP contribution in [0, 0.1) is 5.92 Å². The number of amides is 1. The third kappa shape index (κ3) is 3.34. The number of likely N-dealkylation sites (tertiary alicyclic amines) is 1. The minimum absolute atomic E-state index is 0.0940. The van der Waals surface area contributed by atoms with E-state index in [0.717, 1.165) is 12.8 Å². The van der Waals surface area contributed by atoms with Crippen LogP contribution in [0.15, 0.2) is 23.0 Å². The second-order valence-corrected chi connectivity index (χ2v) is 6.08. The molecule has 1 saturated heterocycles. The molecule has 24 heavy (non-hydrogen) atoms. The van der Waals surface area contributed by atoms with Gasteiger partial charge in [0.1, 0.15) is 18.5 Å². The van der Waals surface area contributed by atoms with Crippen LogP contribution in [0.1, 0.15) is 41.0 Å². The average Bonchev–Trinajstić information content (AvgIpc) is 3.23. The second-order valence-electron chi connectivity index (χ2n) is 6.08. The number of rotatable bonds is 5. The van der Waals surface area contributed by atoms with Gasteiger partial charge in [-0.25, -0.2) is 4.98 Å². The molecule has 0 radical (unpaired) electrons. The number of methoxy groups -OCH3 is 1. The Hall–Kier alpha value is -2.19. The number of hydrogen-bond donors (Lipinski definition) is 1. The van der Waals surface area contributed by atoms with E-state index < -0.39 is 6.10 Å². The Labute approximate surface area is 140 Å². The Kier molecular flexibility index (Phi) is 4.96. The van der Waals surface area contributed by atoms with Crippen molar-refractivity contribution in [2.24, 2.45) is 13.0 Å². The number of hydrogen-bond acceptors (Lipinski definition) is 6. The third-order valence-electron chi connectivity index (χ3n) is 4.46. The lowest BCUT2D eigenvalue weighted by molar-refractivity contribution is 0.0414. The van der Waals surface area contributed by atoms with E-state index in [1.54, 1.807) is 24.3 Å². The van der Waals surface area contributed by atoms with Crippen LogP contribution < -0.4 is 0 Å². The molecule has 1 aliphatic rings. The molecule has 8 nitrogen and oxygen atoms in total. The van der Waals surface area contributed by atoms with Crippen LogP contribution >= 0.6 is 0 Å². The van der Waals surface area contributed by atoms with Gasteiger partial charge in [0.2, 0.25) is 0 Å². The zero-order valence-electron chi connectivity index (χ0n) is 13.9. The Morgan fingerprint density at radius 3 is 2.88 bits per heavy atom. The van der Waals surface area contributed by atoms with Crippen LogP contribution in [-0.2, 0) is 18.4 Å². The lowest BCUT2D eigenvalue weighted by atomic mass is 9.90. The van der Waals surface area contributed by atoms with E-state index in [1.807, 2.05) is 17.8 Å². The number of aromatic nitrogens is 3. The molecule has 1 unspecified atom stereocenters. The molecular formula is C16H22N4O4. The van der Waals surface area contributed by atoms with Crippen LogP contribution in [-0.4, -0.2) is 50.8 Å². The number of imidazole rings is 1. The van der Waals surface area contributed by atoms with Crippen molar-refractivity contribution in [2.45, 2.75) is 25.6 Å². The first-order valence-corrected chi connectivity index (χ1v) is 7.99. The second kappa shape index (κ2) is 7.14. The van der Waals surface area contributed by atoms with Crippen molar-refractivity contribution < 1.29 is 19.2 Å². The standard InChI is InChI=1S/C16H22N4O4/c1-19-8-5-17-15(19)14(21)11-3-6-20(7-4-11)16(22)13-9-12(10-23-2)24-18-13/h5,8-9,11,14,21H,3-4,6-7,10H2,1-2H3. The van der Waals surface area contributed by atoms with Crippen molar-refractivity contribution in [1.82, 2.24) is 19.6 Å². The highest BCUT2D eigenvalue weighted by molar-refractivity contribution is 5.92. The van der Waals surface area contributed by atoms with Gasteiger partial charge in [-0.2, -0.15) is 0 Å². The molecular weight excluding hydrogens is 312 g/mol. The fourth-order valence-electron chi connectivity index (χ4n) is 3.08. The first kappa shape index (κ1) is 16.7. The summed E-state index contributed by atoms with van der Waals surface area (Å²) < 4.78 is 11.9. The fourth-order valence-corrected chi connectivity index (χ4v) is 3.08. The van der Waals surface area contributed by atoms with Gasteiger partial charge in [-0.05, 0) is 18.8 Å². The summed E-state index contributed by atoms with van der Waals surface area (Å²) >= 11 is 0. The third-order valence-corrected chi connectivity index (χ3v) is 4.46. The number of aliphatic hydroxyl groups is 1. The summed E-state index contributed by atoms with van der Waals surface area (Å²) in [5.41, 5.74) is 0.296. The van der Waals surface area contributed by atoms with E-state index in [9.17, 15) is 9.90 Å². The van der Waals surface area contributed by atoms with E-state index in [1.165, 1.54) is 0 Å². The van der Waals surface area contributed by atoms with Crippen molar-refractivity contribution in [3.63, 3.8) is 0 Å². The molecule has 0 spiro atoms. The maximum atomic E-state index is 12.5. The van der Waals surface area contributed by atoms with Crippen molar-refractivity contribution in [2.75, 3.05) is 20.2 Å². The number of carbonyl (C=O) groups excluding carboxylic acids is 1. The average molecular weight is 334 g/mol. The van der Waals surface area contributed by atoms with Gasteiger partial charge in [-0.15, -0.1) is 0 Å². The molecule has 2 aromatic rings. The van der Waals surface area contributed by atoms with Crippen molar-refractivity contribution in [3.05, 3.63) is 35.7 Å². The van der Waals surface area contributed by atoms with Gasteiger partial charge in [-0.1, -0.05) is 5.16 Å². The van der Waals surface area contributed by atoms with E-state index >= 15 is 0 Å². The summed E-state index contributed by atoms with van der Waals surface area (Å²) in [5.74, 6) is 1.14. The first-order chi connectivity index (χ1) is 11.6. The number of aliphatic hydroxyl groups excluding tert-OH is 1. The molecule has 3 heterocycles. The van der Waals surface area contributed by atoms with E-state index in [-0.39, 0.29) is 18.4 Å². The topological polar surface area (TPSA) is 93.6 Å².